The summed E-state index contributed by atoms with van der Waals surface area (Å²) in [5.41, 5.74) is 2.26. The molecule has 0 aliphatic heterocycles. The smallest absolute Gasteiger partial charge is 0.0549 e. The molecule has 0 spiro atoms. The van der Waals surface area contributed by atoms with Gasteiger partial charge in [0.25, 0.3) is 0 Å². The van der Waals surface area contributed by atoms with Gasteiger partial charge in [-0.25, -0.2) is 0 Å². The number of nitrogens with zero attached hydrogens (tertiary/aromatic N) is 1. The van der Waals surface area contributed by atoms with Gasteiger partial charge >= 0.3 is 0 Å². The topological polar surface area (TPSA) is 28.7 Å². The Balaban J connectivity index is 2.28. The molecule has 0 saturated carbocycles. The Labute approximate surface area is 87.6 Å². The van der Waals surface area contributed by atoms with Gasteiger partial charge in [0.1, 0.15) is 0 Å². The molecule has 2 heteroatoms. The zero-order valence-electron chi connectivity index (χ0n) is 8.14. The molecule has 2 aromatic heterocycles. The average molecular weight is 194 g/mol. The zero-order chi connectivity index (χ0) is 10.1. The third kappa shape index (κ3) is 1.31. The Morgan fingerprint density at radius 2 is 1.93 bits per heavy atom. The number of H-pyrrole nitrogens is 1. The molecule has 0 atom stereocenters. The SMILES string of the molecule is c1cncc(-c2[nH]cc3ccccc23)c1. The summed E-state index contributed by atoms with van der Waals surface area (Å²) < 4.78 is 0. The van der Waals surface area contributed by atoms with Gasteiger partial charge in [-0.2, -0.15) is 0 Å². The van der Waals surface area contributed by atoms with Crippen LogP contribution in [0.3, 0.4) is 0 Å². The molecule has 1 N–H and O–H groups in total. The van der Waals surface area contributed by atoms with E-state index in [1.165, 1.54) is 10.8 Å². The van der Waals surface area contributed by atoms with Gasteiger partial charge in [0, 0.05) is 29.5 Å². The van der Waals surface area contributed by atoms with Crippen molar-refractivity contribution in [1.29, 1.82) is 0 Å². The van der Waals surface area contributed by atoms with Crippen molar-refractivity contribution in [1.82, 2.24) is 9.97 Å². The van der Waals surface area contributed by atoms with Crippen molar-refractivity contribution in [3.8, 4) is 11.3 Å². The fraction of sp³-hybridized carbons (Fsp3) is 0. The predicted octanol–water partition coefficient (Wildman–Crippen LogP) is 3.23. The van der Waals surface area contributed by atoms with Crippen LogP contribution >= 0.6 is 0 Å². The van der Waals surface area contributed by atoms with Gasteiger partial charge in [-0.05, 0) is 17.5 Å². The molecule has 3 aromatic rings. The molecule has 2 nitrogen and oxygen atoms in total. The van der Waals surface area contributed by atoms with E-state index in [0.29, 0.717) is 0 Å². The summed E-state index contributed by atoms with van der Waals surface area (Å²) in [5, 5.41) is 2.47. The fourth-order valence-electron chi connectivity index (χ4n) is 1.83. The molecule has 0 radical (unpaired) electrons. The van der Waals surface area contributed by atoms with Crippen LogP contribution in [0.2, 0.25) is 0 Å². The van der Waals surface area contributed by atoms with Gasteiger partial charge in [-0.15, -0.1) is 0 Å². The van der Waals surface area contributed by atoms with E-state index >= 15 is 0 Å². The van der Waals surface area contributed by atoms with Crippen molar-refractivity contribution in [2.24, 2.45) is 0 Å². The summed E-state index contributed by atoms with van der Waals surface area (Å²) in [7, 11) is 0. The van der Waals surface area contributed by atoms with Crippen LogP contribution in [-0.2, 0) is 0 Å². The standard InChI is InChI=1S/C13H10N2/c1-2-6-12-10(4-1)9-15-13(12)11-5-3-7-14-8-11/h1-9,15H. The van der Waals surface area contributed by atoms with E-state index in [0.717, 1.165) is 11.3 Å². The molecule has 15 heavy (non-hydrogen) atoms. The molecule has 72 valence electrons. The van der Waals surface area contributed by atoms with Gasteiger partial charge in [-0.3, -0.25) is 4.98 Å². The first kappa shape index (κ1) is 8.24. The Morgan fingerprint density at radius 1 is 1.00 bits per heavy atom. The van der Waals surface area contributed by atoms with Crippen molar-refractivity contribution >= 4 is 10.8 Å². The molecular formula is C13H10N2. The lowest BCUT2D eigenvalue weighted by Crippen LogP contribution is -1.78. The highest BCUT2D eigenvalue weighted by Gasteiger charge is 2.04. The summed E-state index contributed by atoms with van der Waals surface area (Å²) >= 11 is 0. The quantitative estimate of drug-likeness (QED) is 0.633. The molecule has 0 saturated heterocycles. The molecule has 3 rings (SSSR count). The normalized spacial score (nSPS) is 10.7. The number of aromatic amines is 1. The zero-order valence-corrected chi connectivity index (χ0v) is 8.14. The monoisotopic (exact) mass is 194 g/mol. The van der Waals surface area contributed by atoms with Gasteiger partial charge in [-0.1, -0.05) is 24.3 Å². The first-order valence-electron chi connectivity index (χ1n) is 4.92. The van der Waals surface area contributed by atoms with Gasteiger partial charge < -0.3 is 4.98 Å². The minimum absolute atomic E-state index is 1.12. The molecule has 0 unspecified atom stereocenters. The van der Waals surface area contributed by atoms with Crippen LogP contribution in [0.1, 0.15) is 0 Å². The van der Waals surface area contributed by atoms with Crippen LogP contribution in [0.15, 0.2) is 55.0 Å². The molecular weight excluding hydrogens is 184 g/mol. The van der Waals surface area contributed by atoms with E-state index in [2.05, 4.69) is 34.2 Å². The highest BCUT2D eigenvalue weighted by atomic mass is 14.7. The van der Waals surface area contributed by atoms with Gasteiger partial charge in [0.05, 0.1) is 5.69 Å². The van der Waals surface area contributed by atoms with Crippen molar-refractivity contribution in [2.75, 3.05) is 0 Å². The molecule has 1 aromatic carbocycles. The average Bonchev–Trinajstić information content (AvgIpc) is 2.74. The van der Waals surface area contributed by atoms with E-state index in [1.54, 1.807) is 6.20 Å². The minimum atomic E-state index is 1.12. The van der Waals surface area contributed by atoms with Crippen LogP contribution in [0.25, 0.3) is 22.0 Å². The molecule has 0 aliphatic carbocycles. The third-order valence-electron chi connectivity index (χ3n) is 2.55. The number of benzene rings is 1. The molecule has 0 fully saturated rings. The van der Waals surface area contributed by atoms with Crippen LogP contribution in [0, 0.1) is 0 Å². The lowest BCUT2D eigenvalue weighted by molar-refractivity contribution is 1.31. The lowest BCUT2D eigenvalue weighted by atomic mass is 10.1. The summed E-state index contributed by atoms with van der Waals surface area (Å²) in [4.78, 5) is 7.42. The third-order valence-corrected chi connectivity index (χ3v) is 2.55. The number of pyridine rings is 1. The van der Waals surface area contributed by atoms with E-state index in [1.807, 2.05) is 24.5 Å². The van der Waals surface area contributed by atoms with Crippen molar-refractivity contribution < 1.29 is 0 Å². The van der Waals surface area contributed by atoms with Crippen molar-refractivity contribution in [3.63, 3.8) is 0 Å². The van der Waals surface area contributed by atoms with Crippen molar-refractivity contribution in [3.05, 3.63) is 55.0 Å². The number of nitrogens with one attached hydrogen (secondary N) is 1. The highest BCUT2D eigenvalue weighted by molar-refractivity contribution is 5.95. The summed E-state index contributed by atoms with van der Waals surface area (Å²) in [6.07, 6.45) is 5.69. The van der Waals surface area contributed by atoms with Crippen LogP contribution in [0.5, 0.6) is 0 Å². The predicted molar refractivity (Wildman–Crippen MR) is 61.5 cm³/mol. The fourth-order valence-corrected chi connectivity index (χ4v) is 1.83. The first-order valence-corrected chi connectivity index (χ1v) is 4.92. The minimum Gasteiger partial charge on any atom is -0.360 e. The second kappa shape index (κ2) is 3.24. The van der Waals surface area contributed by atoms with Crippen LogP contribution in [0.4, 0.5) is 0 Å². The Morgan fingerprint density at radius 3 is 2.80 bits per heavy atom. The summed E-state index contributed by atoms with van der Waals surface area (Å²) in [6.45, 7) is 0. The number of fused-ring (bicyclic) bond motifs is 1. The highest BCUT2D eigenvalue weighted by Crippen LogP contribution is 2.26. The molecule has 2 heterocycles. The maximum Gasteiger partial charge on any atom is 0.0549 e. The van der Waals surface area contributed by atoms with Crippen molar-refractivity contribution in [2.45, 2.75) is 0 Å². The Kier molecular flexibility index (Phi) is 1.78. The number of aromatic nitrogens is 2. The Hall–Kier alpha value is -2.09. The van der Waals surface area contributed by atoms with Gasteiger partial charge in [0.2, 0.25) is 0 Å². The largest absolute Gasteiger partial charge is 0.360 e. The number of hydrogen-bond acceptors (Lipinski definition) is 1. The maximum absolute atomic E-state index is 4.13. The van der Waals surface area contributed by atoms with E-state index < -0.39 is 0 Å². The second-order valence-electron chi connectivity index (χ2n) is 3.49. The first-order chi connectivity index (χ1) is 7.45. The number of hydrogen-bond donors (Lipinski definition) is 1. The van der Waals surface area contributed by atoms with Crippen LogP contribution < -0.4 is 0 Å². The number of rotatable bonds is 1. The van der Waals surface area contributed by atoms with Crippen LogP contribution in [-0.4, -0.2) is 9.97 Å². The van der Waals surface area contributed by atoms with E-state index in [9.17, 15) is 0 Å². The molecule has 0 aliphatic rings. The second-order valence-corrected chi connectivity index (χ2v) is 3.49. The van der Waals surface area contributed by atoms with E-state index in [4.69, 9.17) is 0 Å². The van der Waals surface area contributed by atoms with Gasteiger partial charge in [0.15, 0.2) is 0 Å². The van der Waals surface area contributed by atoms with E-state index in [-0.39, 0.29) is 0 Å². The summed E-state index contributed by atoms with van der Waals surface area (Å²) in [5.74, 6) is 0. The molecule has 0 amide bonds. The Bertz CT molecular complexity index is 582. The lowest BCUT2D eigenvalue weighted by Gasteiger charge is -1.97. The summed E-state index contributed by atoms with van der Waals surface area (Å²) in [6, 6.07) is 12.3. The molecule has 0 bridgehead atoms. The maximum atomic E-state index is 4.13.